The number of aromatic nitrogens is 3. The van der Waals surface area contributed by atoms with Crippen molar-refractivity contribution in [2.24, 2.45) is 23.2 Å². The molecule has 4 saturated carbocycles. The first kappa shape index (κ1) is 18.4. The normalized spacial score (nSPS) is 32.2. The molecule has 1 aromatic carbocycles. The zero-order chi connectivity index (χ0) is 19.3. The zero-order valence-electron chi connectivity index (χ0n) is 17.6. The van der Waals surface area contributed by atoms with Gasteiger partial charge in [-0.15, -0.1) is 0 Å². The van der Waals surface area contributed by atoms with Crippen LogP contribution in [0.5, 0.6) is 0 Å². The van der Waals surface area contributed by atoms with Gasteiger partial charge in [-0.2, -0.15) is 15.0 Å². The molecule has 4 bridgehead atoms. The predicted octanol–water partition coefficient (Wildman–Crippen LogP) is 5.22. The maximum absolute atomic E-state index is 4.85. The summed E-state index contributed by atoms with van der Waals surface area (Å²) >= 11 is 0. The summed E-state index contributed by atoms with van der Waals surface area (Å²) in [5.74, 6) is 2.99. The summed E-state index contributed by atoms with van der Waals surface area (Å²) in [6, 6.07) is 11.3. The maximum atomic E-state index is 4.85. The van der Waals surface area contributed by atoms with E-state index in [1.165, 1.54) is 38.5 Å². The highest BCUT2D eigenvalue weighted by molar-refractivity contribution is 5.60. The standard InChI is InChI=1S/C24H34N4/c1-16(2)28-26-22(23(27-28)21-7-5-4-6-8-21)15-25-17(3)24-12-18-9-19(13-24)11-20(10-18)14-24/h4-8,16-20,25H,9-15H2,1-3H3/t17-,18?,19?,20?,24?/m0/s1. The van der Waals surface area contributed by atoms with Gasteiger partial charge in [0.05, 0.1) is 6.04 Å². The second kappa shape index (κ2) is 6.98. The summed E-state index contributed by atoms with van der Waals surface area (Å²) in [6.45, 7) is 7.52. The van der Waals surface area contributed by atoms with Crippen LogP contribution in [-0.2, 0) is 6.54 Å². The third-order valence-electron chi connectivity index (χ3n) is 7.79. The fourth-order valence-electron chi connectivity index (χ4n) is 6.70. The molecule has 4 aliphatic carbocycles. The lowest BCUT2D eigenvalue weighted by molar-refractivity contribution is -0.0707. The Morgan fingerprint density at radius 3 is 2.14 bits per heavy atom. The van der Waals surface area contributed by atoms with Crippen molar-refractivity contribution in [3.63, 3.8) is 0 Å². The molecule has 0 spiro atoms. The van der Waals surface area contributed by atoms with Crippen LogP contribution in [0.3, 0.4) is 0 Å². The van der Waals surface area contributed by atoms with Crippen molar-refractivity contribution in [1.29, 1.82) is 0 Å². The van der Waals surface area contributed by atoms with Gasteiger partial charge < -0.3 is 5.32 Å². The van der Waals surface area contributed by atoms with Crippen molar-refractivity contribution in [2.75, 3.05) is 0 Å². The number of hydrogen-bond acceptors (Lipinski definition) is 3. The van der Waals surface area contributed by atoms with Gasteiger partial charge in [-0.05, 0) is 82.5 Å². The number of nitrogens with zero attached hydrogens (tertiary/aromatic N) is 3. The fourth-order valence-corrected chi connectivity index (χ4v) is 6.70. The van der Waals surface area contributed by atoms with E-state index < -0.39 is 0 Å². The van der Waals surface area contributed by atoms with Crippen molar-refractivity contribution in [1.82, 2.24) is 20.3 Å². The molecule has 4 heteroatoms. The molecule has 28 heavy (non-hydrogen) atoms. The summed E-state index contributed by atoms with van der Waals surface area (Å²) in [5, 5.41) is 13.6. The fraction of sp³-hybridized carbons (Fsp3) is 0.667. The Morgan fingerprint density at radius 2 is 1.57 bits per heavy atom. The van der Waals surface area contributed by atoms with Gasteiger partial charge in [-0.1, -0.05) is 30.3 Å². The largest absolute Gasteiger partial charge is 0.308 e. The van der Waals surface area contributed by atoms with Crippen LogP contribution in [0.1, 0.15) is 71.0 Å². The van der Waals surface area contributed by atoms with Gasteiger partial charge in [-0.25, -0.2) is 0 Å². The number of benzene rings is 1. The second-order valence-corrected chi connectivity index (χ2v) is 10.2. The Morgan fingerprint density at radius 1 is 0.964 bits per heavy atom. The summed E-state index contributed by atoms with van der Waals surface area (Å²) in [7, 11) is 0. The third-order valence-corrected chi connectivity index (χ3v) is 7.79. The SMILES string of the molecule is CC(C)n1nc(CN[C@@H](C)C23CC4CC(CC(C4)C2)C3)c(-c2ccccc2)n1. The van der Waals surface area contributed by atoms with E-state index in [4.69, 9.17) is 10.2 Å². The summed E-state index contributed by atoms with van der Waals surface area (Å²) in [5.41, 5.74) is 3.79. The van der Waals surface area contributed by atoms with Crippen LogP contribution in [0, 0.1) is 23.2 Å². The zero-order valence-corrected chi connectivity index (χ0v) is 17.6. The predicted molar refractivity (Wildman–Crippen MR) is 113 cm³/mol. The average molecular weight is 379 g/mol. The lowest BCUT2D eigenvalue weighted by Gasteiger charge is -2.59. The Bertz CT molecular complexity index is 787. The molecule has 0 unspecified atom stereocenters. The van der Waals surface area contributed by atoms with Gasteiger partial charge in [0, 0.05) is 18.2 Å². The van der Waals surface area contributed by atoms with E-state index in [2.05, 4.69) is 56.4 Å². The Kier molecular flexibility index (Phi) is 4.58. The Balaban J connectivity index is 1.35. The van der Waals surface area contributed by atoms with E-state index >= 15 is 0 Å². The van der Waals surface area contributed by atoms with E-state index in [-0.39, 0.29) is 6.04 Å². The molecule has 4 fully saturated rings. The van der Waals surface area contributed by atoms with Crippen LogP contribution in [0.25, 0.3) is 11.3 Å². The Labute approximate surface area is 169 Å². The highest BCUT2D eigenvalue weighted by Crippen LogP contribution is 2.61. The highest BCUT2D eigenvalue weighted by Gasteiger charge is 2.52. The minimum Gasteiger partial charge on any atom is -0.308 e. The molecule has 0 saturated heterocycles. The van der Waals surface area contributed by atoms with Gasteiger partial charge in [0.2, 0.25) is 0 Å². The third kappa shape index (κ3) is 3.20. The first-order valence-corrected chi connectivity index (χ1v) is 11.3. The van der Waals surface area contributed by atoms with Gasteiger partial charge in [0.15, 0.2) is 0 Å². The molecule has 1 N–H and O–H groups in total. The van der Waals surface area contributed by atoms with Gasteiger partial charge >= 0.3 is 0 Å². The molecule has 6 rings (SSSR count). The monoisotopic (exact) mass is 378 g/mol. The molecule has 4 nitrogen and oxygen atoms in total. The summed E-state index contributed by atoms with van der Waals surface area (Å²) in [4.78, 5) is 1.87. The van der Waals surface area contributed by atoms with Crippen LogP contribution in [0.2, 0.25) is 0 Å². The van der Waals surface area contributed by atoms with Crippen LogP contribution >= 0.6 is 0 Å². The van der Waals surface area contributed by atoms with Gasteiger partial charge in [-0.3, -0.25) is 0 Å². The smallest absolute Gasteiger partial charge is 0.117 e. The second-order valence-electron chi connectivity index (χ2n) is 10.2. The molecule has 4 aliphatic rings. The van der Waals surface area contributed by atoms with Crippen molar-refractivity contribution in [3.8, 4) is 11.3 Å². The van der Waals surface area contributed by atoms with Crippen molar-refractivity contribution in [2.45, 2.75) is 77.9 Å². The molecule has 1 heterocycles. The van der Waals surface area contributed by atoms with Gasteiger partial charge in [0.25, 0.3) is 0 Å². The maximum Gasteiger partial charge on any atom is 0.117 e. The lowest BCUT2D eigenvalue weighted by Crippen LogP contribution is -2.54. The molecule has 150 valence electrons. The molecule has 2 aromatic rings. The molecule has 1 aromatic heterocycles. The van der Waals surface area contributed by atoms with E-state index in [1.54, 1.807) is 0 Å². The molecular formula is C24H34N4. The highest BCUT2D eigenvalue weighted by atomic mass is 15.5. The van der Waals surface area contributed by atoms with Gasteiger partial charge in [0.1, 0.15) is 11.4 Å². The van der Waals surface area contributed by atoms with E-state index in [0.717, 1.165) is 41.2 Å². The minimum absolute atomic E-state index is 0.275. The summed E-state index contributed by atoms with van der Waals surface area (Å²) < 4.78 is 0. The minimum atomic E-state index is 0.275. The first-order chi connectivity index (χ1) is 13.5. The topological polar surface area (TPSA) is 42.7 Å². The van der Waals surface area contributed by atoms with E-state index in [9.17, 15) is 0 Å². The Hall–Kier alpha value is -1.68. The van der Waals surface area contributed by atoms with E-state index in [0.29, 0.717) is 11.5 Å². The average Bonchev–Trinajstić information content (AvgIpc) is 3.10. The van der Waals surface area contributed by atoms with Crippen LogP contribution < -0.4 is 5.32 Å². The number of rotatable bonds is 6. The van der Waals surface area contributed by atoms with Crippen molar-refractivity contribution < 1.29 is 0 Å². The molecule has 0 aliphatic heterocycles. The summed E-state index contributed by atoms with van der Waals surface area (Å²) in [6.07, 6.45) is 8.85. The van der Waals surface area contributed by atoms with Crippen LogP contribution in [0.15, 0.2) is 30.3 Å². The lowest BCUT2D eigenvalue weighted by atomic mass is 9.48. The van der Waals surface area contributed by atoms with Crippen LogP contribution in [0.4, 0.5) is 0 Å². The van der Waals surface area contributed by atoms with E-state index in [1.807, 2.05) is 4.80 Å². The molecule has 0 amide bonds. The van der Waals surface area contributed by atoms with Crippen LogP contribution in [-0.4, -0.2) is 21.0 Å². The first-order valence-electron chi connectivity index (χ1n) is 11.3. The number of hydrogen-bond donors (Lipinski definition) is 1. The molecular weight excluding hydrogens is 344 g/mol. The van der Waals surface area contributed by atoms with Crippen molar-refractivity contribution in [3.05, 3.63) is 36.0 Å². The van der Waals surface area contributed by atoms with Crippen molar-refractivity contribution >= 4 is 0 Å². The molecule has 1 atom stereocenters. The number of nitrogens with one attached hydrogen (secondary N) is 1. The molecule has 0 radical (unpaired) electrons. The quantitative estimate of drug-likeness (QED) is 0.749.